The van der Waals surface area contributed by atoms with Crippen molar-refractivity contribution in [2.24, 2.45) is 0 Å². The fraction of sp³-hybridized carbons (Fsp3) is 0. The summed E-state index contributed by atoms with van der Waals surface area (Å²) in [6.45, 7) is 0. The smallest absolute Gasteiger partial charge is 0.273 e. The van der Waals surface area contributed by atoms with E-state index in [9.17, 15) is 14.0 Å². The number of hydrogen-bond donors (Lipinski definition) is 3. The Labute approximate surface area is 136 Å². The van der Waals surface area contributed by atoms with Crippen molar-refractivity contribution in [1.82, 2.24) is 15.8 Å². The molecule has 0 aliphatic rings. The van der Waals surface area contributed by atoms with Crippen LogP contribution >= 0.6 is 0 Å². The molecule has 0 aliphatic carbocycles. The average molecular weight is 324 g/mol. The molecule has 2 aromatic carbocycles. The molecular formula is C17H13FN4O2. The minimum atomic E-state index is -0.643. The van der Waals surface area contributed by atoms with Gasteiger partial charge in [0.05, 0.1) is 16.8 Å². The van der Waals surface area contributed by atoms with Crippen LogP contribution in [-0.4, -0.2) is 16.8 Å². The number of hydrazine groups is 1. The summed E-state index contributed by atoms with van der Waals surface area (Å²) in [5.41, 5.74) is 11.6. The summed E-state index contributed by atoms with van der Waals surface area (Å²) in [6, 6.07) is 12.2. The SMILES string of the molecule is Nc1c(C(=O)NNC(=O)c2cccc(F)c2)cnc2ccccc12. The number of para-hydroxylation sites is 1. The molecular weight excluding hydrogens is 311 g/mol. The summed E-state index contributed by atoms with van der Waals surface area (Å²) in [5, 5.41) is 0.640. The lowest BCUT2D eigenvalue weighted by Crippen LogP contribution is -2.42. The molecule has 0 saturated carbocycles. The molecule has 7 heteroatoms. The van der Waals surface area contributed by atoms with Crippen LogP contribution in [0.25, 0.3) is 10.9 Å². The molecule has 3 aromatic rings. The predicted octanol–water partition coefficient (Wildman–Crippen LogP) is 2.03. The quantitative estimate of drug-likeness (QED) is 0.628. The van der Waals surface area contributed by atoms with Gasteiger partial charge < -0.3 is 5.73 Å². The lowest BCUT2D eigenvalue weighted by molar-refractivity contribution is 0.0847. The van der Waals surface area contributed by atoms with E-state index in [1.807, 2.05) is 6.07 Å². The van der Waals surface area contributed by atoms with Crippen molar-refractivity contribution < 1.29 is 14.0 Å². The minimum Gasteiger partial charge on any atom is -0.397 e. The third-order valence-electron chi connectivity index (χ3n) is 3.44. The number of aromatic nitrogens is 1. The number of nitrogen functional groups attached to an aromatic ring is 1. The van der Waals surface area contributed by atoms with Crippen LogP contribution < -0.4 is 16.6 Å². The summed E-state index contributed by atoms with van der Waals surface area (Å²) < 4.78 is 13.1. The first-order valence-corrected chi connectivity index (χ1v) is 7.06. The molecule has 0 unspecified atom stereocenters. The van der Waals surface area contributed by atoms with Gasteiger partial charge in [0.15, 0.2) is 0 Å². The molecule has 2 amide bonds. The summed E-state index contributed by atoms with van der Waals surface area (Å²) in [7, 11) is 0. The van der Waals surface area contributed by atoms with Gasteiger partial charge in [-0.3, -0.25) is 25.4 Å². The van der Waals surface area contributed by atoms with Crippen LogP contribution in [0.5, 0.6) is 0 Å². The highest BCUT2D eigenvalue weighted by atomic mass is 19.1. The van der Waals surface area contributed by atoms with Crippen LogP contribution in [0.15, 0.2) is 54.7 Å². The molecule has 0 radical (unpaired) electrons. The fourth-order valence-electron chi connectivity index (χ4n) is 2.23. The second-order valence-corrected chi connectivity index (χ2v) is 5.02. The van der Waals surface area contributed by atoms with E-state index in [1.165, 1.54) is 24.4 Å². The number of anilines is 1. The number of carbonyl (C=O) groups excluding carboxylic acids is 2. The first kappa shape index (κ1) is 15.4. The van der Waals surface area contributed by atoms with Crippen LogP contribution in [0.2, 0.25) is 0 Å². The second kappa shape index (κ2) is 6.33. The molecule has 0 saturated heterocycles. The molecule has 1 aromatic heterocycles. The van der Waals surface area contributed by atoms with Crippen molar-refractivity contribution in [3.8, 4) is 0 Å². The van der Waals surface area contributed by atoms with Gasteiger partial charge >= 0.3 is 0 Å². The normalized spacial score (nSPS) is 10.4. The largest absolute Gasteiger partial charge is 0.397 e. The van der Waals surface area contributed by atoms with Gasteiger partial charge in [-0.1, -0.05) is 24.3 Å². The highest BCUT2D eigenvalue weighted by Gasteiger charge is 2.14. The fourth-order valence-corrected chi connectivity index (χ4v) is 2.23. The standard InChI is InChI=1S/C17H13FN4O2/c18-11-5-3-4-10(8-11)16(23)21-22-17(24)13-9-20-14-7-2-1-6-12(14)15(13)19/h1-9H,(H2,19,20)(H,21,23)(H,22,24). The number of nitrogens with two attached hydrogens (primary N) is 1. The third-order valence-corrected chi connectivity index (χ3v) is 3.44. The van der Waals surface area contributed by atoms with E-state index >= 15 is 0 Å². The maximum Gasteiger partial charge on any atom is 0.273 e. The number of nitrogens with one attached hydrogen (secondary N) is 2. The Hall–Kier alpha value is -3.48. The van der Waals surface area contributed by atoms with Gasteiger partial charge in [-0.2, -0.15) is 0 Å². The molecule has 0 atom stereocenters. The number of hydrogen-bond acceptors (Lipinski definition) is 4. The van der Waals surface area contributed by atoms with E-state index in [-0.39, 0.29) is 16.8 Å². The van der Waals surface area contributed by atoms with Gasteiger partial charge in [-0.05, 0) is 24.3 Å². The van der Waals surface area contributed by atoms with Crippen molar-refractivity contribution >= 4 is 28.4 Å². The Bertz CT molecular complexity index is 943. The molecule has 24 heavy (non-hydrogen) atoms. The molecule has 3 rings (SSSR count). The monoisotopic (exact) mass is 324 g/mol. The number of halogens is 1. The summed E-state index contributed by atoms with van der Waals surface area (Å²) in [5.74, 6) is -1.80. The predicted molar refractivity (Wildman–Crippen MR) is 87.5 cm³/mol. The number of fused-ring (bicyclic) bond motifs is 1. The highest BCUT2D eigenvalue weighted by Crippen LogP contribution is 2.22. The Balaban J connectivity index is 1.76. The topological polar surface area (TPSA) is 97.1 Å². The van der Waals surface area contributed by atoms with E-state index in [0.717, 1.165) is 6.07 Å². The maximum absolute atomic E-state index is 13.1. The van der Waals surface area contributed by atoms with E-state index in [2.05, 4.69) is 15.8 Å². The van der Waals surface area contributed by atoms with Crippen molar-refractivity contribution in [3.63, 3.8) is 0 Å². The summed E-state index contributed by atoms with van der Waals surface area (Å²) in [6.07, 6.45) is 1.33. The van der Waals surface area contributed by atoms with Crippen molar-refractivity contribution in [2.45, 2.75) is 0 Å². The molecule has 0 bridgehead atoms. The van der Waals surface area contributed by atoms with Crippen LogP contribution in [0.3, 0.4) is 0 Å². The minimum absolute atomic E-state index is 0.0832. The Morgan fingerprint density at radius 1 is 1.00 bits per heavy atom. The van der Waals surface area contributed by atoms with Gasteiger partial charge in [0.2, 0.25) is 0 Å². The zero-order chi connectivity index (χ0) is 17.1. The van der Waals surface area contributed by atoms with Gasteiger partial charge in [-0.15, -0.1) is 0 Å². The van der Waals surface area contributed by atoms with Gasteiger partial charge in [-0.25, -0.2) is 4.39 Å². The Morgan fingerprint density at radius 3 is 2.54 bits per heavy atom. The molecule has 4 N–H and O–H groups in total. The number of nitrogens with zero attached hydrogens (tertiary/aromatic N) is 1. The van der Waals surface area contributed by atoms with Crippen LogP contribution in [0.1, 0.15) is 20.7 Å². The molecule has 120 valence electrons. The van der Waals surface area contributed by atoms with Crippen LogP contribution in [0.4, 0.5) is 10.1 Å². The lowest BCUT2D eigenvalue weighted by Gasteiger charge is -2.10. The molecule has 0 aliphatic heterocycles. The van der Waals surface area contributed by atoms with Gasteiger partial charge in [0.1, 0.15) is 5.82 Å². The van der Waals surface area contributed by atoms with Crippen LogP contribution in [-0.2, 0) is 0 Å². The molecule has 0 spiro atoms. The Kier molecular flexibility index (Phi) is 4.07. The number of benzene rings is 2. The zero-order valence-corrected chi connectivity index (χ0v) is 12.4. The first-order valence-electron chi connectivity index (χ1n) is 7.06. The zero-order valence-electron chi connectivity index (χ0n) is 12.4. The molecule has 6 nitrogen and oxygen atoms in total. The van der Waals surface area contributed by atoms with Gasteiger partial charge in [0.25, 0.3) is 11.8 Å². The third kappa shape index (κ3) is 3.00. The number of pyridine rings is 1. The Morgan fingerprint density at radius 2 is 1.75 bits per heavy atom. The van der Waals surface area contributed by atoms with E-state index in [1.54, 1.807) is 18.2 Å². The maximum atomic E-state index is 13.1. The van der Waals surface area contributed by atoms with Crippen molar-refractivity contribution in [2.75, 3.05) is 5.73 Å². The first-order chi connectivity index (χ1) is 11.6. The van der Waals surface area contributed by atoms with Crippen molar-refractivity contribution in [3.05, 3.63) is 71.7 Å². The average Bonchev–Trinajstić information content (AvgIpc) is 2.60. The van der Waals surface area contributed by atoms with E-state index in [0.29, 0.717) is 10.9 Å². The second-order valence-electron chi connectivity index (χ2n) is 5.02. The number of rotatable bonds is 2. The summed E-state index contributed by atoms with van der Waals surface area (Å²) in [4.78, 5) is 28.2. The summed E-state index contributed by atoms with van der Waals surface area (Å²) >= 11 is 0. The van der Waals surface area contributed by atoms with Crippen molar-refractivity contribution in [1.29, 1.82) is 0 Å². The number of amides is 2. The highest BCUT2D eigenvalue weighted by molar-refractivity contribution is 6.07. The molecule has 1 heterocycles. The van der Waals surface area contributed by atoms with Gasteiger partial charge in [0, 0.05) is 17.1 Å². The number of carbonyl (C=O) groups is 2. The van der Waals surface area contributed by atoms with E-state index in [4.69, 9.17) is 5.73 Å². The van der Waals surface area contributed by atoms with E-state index < -0.39 is 17.6 Å². The molecule has 0 fully saturated rings. The van der Waals surface area contributed by atoms with Crippen LogP contribution in [0, 0.1) is 5.82 Å². The lowest BCUT2D eigenvalue weighted by atomic mass is 10.1.